The van der Waals surface area contributed by atoms with Gasteiger partial charge >= 0.3 is 0 Å². The highest BCUT2D eigenvalue weighted by molar-refractivity contribution is 6.34. The predicted octanol–water partition coefficient (Wildman–Crippen LogP) is 4.82. The van der Waals surface area contributed by atoms with E-state index in [2.05, 4.69) is 15.0 Å². The number of aryl methyl sites for hydroxylation is 1. The Labute approximate surface area is 132 Å². The molecule has 0 bridgehead atoms. The molecule has 0 fully saturated rings. The van der Waals surface area contributed by atoms with Gasteiger partial charge in [-0.25, -0.2) is 9.97 Å². The molecule has 3 aromatic rings. The highest BCUT2D eigenvalue weighted by Crippen LogP contribution is 2.37. The van der Waals surface area contributed by atoms with Crippen molar-refractivity contribution < 1.29 is 0 Å². The molecule has 3 rings (SSSR count). The van der Waals surface area contributed by atoms with Gasteiger partial charge < -0.3 is 0 Å². The van der Waals surface area contributed by atoms with E-state index in [9.17, 15) is 0 Å². The molecule has 0 spiro atoms. The van der Waals surface area contributed by atoms with E-state index in [0.29, 0.717) is 15.9 Å². The SMILES string of the molecule is Cc1ncc(Cl)c(-c2ncccn2)c1-c1ccc(Cl)cc1. The Balaban J connectivity index is 2.29. The lowest BCUT2D eigenvalue weighted by Gasteiger charge is -2.13. The predicted molar refractivity (Wildman–Crippen MR) is 85.5 cm³/mol. The topological polar surface area (TPSA) is 38.7 Å². The molecule has 0 atom stereocenters. The average Bonchev–Trinajstić information content (AvgIpc) is 2.51. The molecule has 0 N–H and O–H groups in total. The van der Waals surface area contributed by atoms with Crippen LogP contribution in [-0.4, -0.2) is 15.0 Å². The smallest absolute Gasteiger partial charge is 0.161 e. The number of aromatic nitrogens is 3. The summed E-state index contributed by atoms with van der Waals surface area (Å²) in [5, 5.41) is 1.21. The van der Waals surface area contributed by atoms with E-state index in [1.54, 1.807) is 24.7 Å². The summed E-state index contributed by atoms with van der Waals surface area (Å²) in [5.41, 5.74) is 3.55. The van der Waals surface area contributed by atoms with E-state index in [1.165, 1.54) is 0 Å². The zero-order valence-corrected chi connectivity index (χ0v) is 12.7. The summed E-state index contributed by atoms with van der Waals surface area (Å²) < 4.78 is 0. The third-order valence-corrected chi connectivity index (χ3v) is 3.68. The monoisotopic (exact) mass is 315 g/mol. The molecule has 0 aliphatic heterocycles. The lowest BCUT2D eigenvalue weighted by atomic mass is 9.98. The molecule has 21 heavy (non-hydrogen) atoms. The fraction of sp³-hybridized carbons (Fsp3) is 0.0625. The summed E-state index contributed by atoms with van der Waals surface area (Å²) in [7, 11) is 0. The summed E-state index contributed by atoms with van der Waals surface area (Å²) in [4.78, 5) is 13.0. The lowest BCUT2D eigenvalue weighted by molar-refractivity contribution is 1.15. The van der Waals surface area contributed by atoms with Crippen molar-refractivity contribution in [1.29, 1.82) is 0 Å². The number of hydrogen-bond donors (Lipinski definition) is 0. The standard InChI is InChI=1S/C16H11Cl2N3/c1-10-14(11-3-5-12(17)6-4-11)15(13(18)9-21-10)16-19-7-2-8-20-16/h2-9H,1H3. The molecule has 104 valence electrons. The molecule has 2 heterocycles. The van der Waals surface area contributed by atoms with Crippen LogP contribution in [0.5, 0.6) is 0 Å². The first-order valence-corrected chi connectivity index (χ1v) is 7.11. The van der Waals surface area contributed by atoms with Crippen LogP contribution in [0, 0.1) is 6.92 Å². The van der Waals surface area contributed by atoms with Crippen molar-refractivity contribution in [3.8, 4) is 22.5 Å². The molecule has 0 saturated heterocycles. The van der Waals surface area contributed by atoms with Crippen molar-refractivity contribution in [2.75, 3.05) is 0 Å². The molecule has 5 heteroatoms. The lowest BCUT2D eigenvalue weighted by Crippen LogP contribution is -1.96. The van der Waals surface area contributed by atoms with E-state index in [-0.39, 0.29) is 0 Å². The molecular formula is C16H11Cl2N3. The largest absolute Gasteiger partial charge is 0.259 e. The summed E-state index contributed by atoms with van der Waals surface area (Å²) in [5.74, 6) is 0.581. The maximum atomic E-state index is 6.35. The minimum Gasteiger partial charge on any atom is -0.259 e. The molecule has 0 unspecified atom stereocenters. The number of rotatable bonds is 2. The number of nitrogens with zero attached hydrogens (tertiary/aromatic N) is 3. The van der Waals surface area contributed by atoms with Crippen LogP contribution >= 0.6 is 23.2 Å². The molecule has 1 aromatic carbocycles. The van der Waals surface area contributed by atoms with Crippen LogP contribution in [-0.2, 0) is 0 Å². The van der Waals surface area contributed by atoms with Gasteiger partial charge in [0.15, 0.2) is 5.82 Å². The molecule has 0 radical (unpaired) electrons. The summed E-state index contributed by atoms with van der Waals surface area (Å²) >= 11 is 12.3. The molecular weight excluding hydrogens is 305 g/mol. The fourth-order valence-electron chi connectivity index (χ4n) is 2.20. The average molecular weight is 316 g/mol. The van der Waals surface area contributed by atoms with E-state index in [0.717, 1.165) is 22.4 Å². The van der Waals surface area contributed by atoms with Crippen molar-refractivity contribution in [2.24, 2.45) is 0 Å². The normalized spacial score (nSPS) is 10.6. The van der Waals surface area contributed by atoms with Gasteiger partial charge in [0.25, 0.3) is 0 Å². The highest BCUT2D eigenvalue weighted by Gasteiger charge is 2.17. The first kappa shape index (κ1) is 14.0. The van der Waals surface area contributed by atoms with Crippen molar-refractivity contribution in [3.63, 3.8) is 0 Å². The second-order valence-corrected chi connectivity index (χ2v) is 5.36. The summed E-state index contributed by atoms with van der Waals surface area (Å²) in [6.45, 7) is 1.94. The molecule has 0 aliphatic rings. The van der Waals surface area contributed by atoms with Crippen molar-refractivity contribution in [2.45, 2.75) is 6.92 Å². The minimum atomic E-state index is 0.525. The van der Waals surface area contributed by atoms with E-state index < -0.39 is 0 Å². The first-order chi connectivity index (χ1) is 10.2. The Morgan fingerprint density at radius 2 is 1.52 bits per heavy atom. The van der Waals surface area contributed by atoms with Crippen LogP contribution in [0.4, 0.5) is 0 Å². The Bertz CT molecular complexity index is 772. The summed E-state index contributed by atoms with van der Waals surface area (Å²) in [6.07, 6.45) is 5.02. The Hall–Kier alpha value is -1.97. The first-order valence-electron chi connectivity index (χ1n) is 6.35. The Morgan fingerprint density at radius 3 is 2.19 bits per heavy atom. The van der Waals surface area contributed by atoms with Gasteiger partial charge in [0.2, 0.25) is 0 Å². The second kappa shape index (κ2) is 5.80. The quantitative estimate of drug-likeness (QED) is 0.680. The third kappa shape index (κ3) is 2.75. The second-order valence-electron chi connectivity index (χ2n) is 4.52. The maximum absolute atomic E-state index is 6.35. The van der Waals surface area contributed by atoms with Gasteiger partial charge in [0.05, 0.1) is 5.02 Å². The van der Waals surface area contributed by atoms with Crippen molar-refractivity contribution in [1.82, 2.24) is 15.0 Å². The van der Waals surface area contributed by atoms with Gasteiger partial charge in [0, 0.05) is 40.4 Å². The Morgan fingerprint density at radius 1 is 0.857 bits per heavy atom. The van der Waals surface area contributed by atoms with Crippen LogP contribution in [0.1, 0.15) is 5.69 Å². The van der Waals surface area contributed by atoms with E-state index in [4.69, 9.17) is 23.2 Å². The fourth-order valence-corrected chi connectivity index (χ4v) is 2.55. The molecule has 0 amide bonds. The minimum absolute atomic E-state index is 0.525. The van der Waals surface area contributed by atoms with Gasteiger partial charge in [-0.2, -0.15) is 0 Å². The van der Waals surface area contributed by atoms with Gasteiger partial charge in [-0.1, -0.05) is 35.3 Å². The molecule has 0 aliphatic carbocycles. The zero-order chi connectivity index (χ0) is 14.8. The van der Waals surface area contributed by atoms with Crippen LogP contribution < -0.4 is 0 Å². The highest BCUT2D eigenvalue weighted by atomic mass is 35.5. The number of halogens is 2. The van der Waals surface area contributed by atoms with Crippen LogP contribution in [0.25, 0.3) is 22.5 Å². The van der Waals surface area contributed by atoms with E-state index in [1.807, 2.05) is 31.2 Å². The molecule has 0 saturated carbocycles. The van der Waals surface area contributed by atoms with Crippen LogP contribution in [0.15, 0.2) is 48.9 Å². The Kier molecular flexibility index (Phi) is 3.86. The number of hydrogen-bond acceptors (Lipinski definition) is 3. The van der Waals surface area contributed by atoms with Crippen molar-refractivity contribution >= 4 is 23.2 Å². The molecule has 3 nitrogen and oxygen atoms in total. The number of pyridine rings is 1. The molecule has 2 aromatic heterocycles. The maximum Gasteiger partial charge on any atom is 0.161 e. The zero-order valence-electron chi connectivity index (χ0n) is 11.2. The van der Waals surface area contributed by atoms with Crippen LogP contribution in [0.3, 0.4) is 0 Å². The van der Waals surface area contributed by atoms with E-state index >= 15 is 0 Å². The van der Waals surface area contributed by atoms with Gasteiger partial charge in [-0.05, 0) is 30.7 Å². The van der Waals surface area contributed by atoms with Gasteiger partial charge in [-0.3, -0.25) is 4.98 Å². The number of benzene rings is 1. The van der Waals surface area contributed by atoms with Gasteiger partial charge in [0.1, 0.15) is 0 Å². The van der Waals surface area contributed by atoms with Gasteiger partial charge in [-0.15, -0.1) is 0 Å². The summed E-state index contributed by atoms with van der Waals surface area (Å²) in [6, 6.07) is 9.33. The van der Waals surface area contributed by atoms with Crippen molar-refractivity contribution in [3.05, 3.63) is 64.7 Å². The third-order valence-electron chi connectivity index (χ3n) is 3.14. The van der Waals surface area contributed by atoms with Crippen LogP contribution in [0.2, 0.25) is 10.0 Å².